The number of amides is 1. The normalized spacial score (nSPS) is 16.5. The number of piperidine rings is 1. The number of nitrogens with zero attached hydrogens (tertiary/aromatic N) is 1. The van der Waals surface area contributed by atoms with Gasteiger partial charge in [0.25, 0.3) is 5.91 Å². The summed E-state index contributed by atoms with van der Waals surface area (Å²) in [6.45, 7) is 4.75. The summed E-state index contributed by atoms with van der Waals surface area (Å²) >= 11 is 3.40. The number of methoxy groups -OCH3 is 1. The number of rotatable bonds is 5. The number of ether oxygens (including phenoxy) is 1. The SMILES string of the molecule is COc1ccc(Br)c(C(=O)N2CCC(S(=O)(=O)CC(C)C)CC2)c1. The largest absolute Gasteiger partial charge is 0.497 e. The molecule has 1 saturated heterocycles. The van der Waals surface area contributed by atoms with E-state index in [1.807, 2.05) is 13.8 Å². The number of carbonyl (C=O) groups is 1. The molecule has 0 N–H and O–H groups in total. The quantitative estimate of drug-likeness (QED) is 0.737. The lowest BCUT2D eigenvalue weighted by Crippen LogP contribution is -2.43. The van der Waals surface area contributed by atoms with Crippen LogP contribution in [0, 0.1) is 5.92 Å². The van der Waals surface area contributed by atoms with Crippen LogP contribution in [-0.4, -0.2) is 50.4 Å². The molecule has 1 amide bonds. The highest BCUT2D eigenvalue weighted by Crippen LogP contribution is 2.26. The van der Waals surface area contributed by atoms with E-state index in [1.165, 1.54) is 0 Å². The molecule has 0 saturated carbocycles. The maximum absolute atomic E-state index is 12.7. The summed E-state index contributed by atoms with van der Waals surface area (Å²) in [6, 6.07) is 5.27. The molecule has 134 valence electrons. The lowest BCUT2D eigenvalue weighted by atomic mass is 10.1. The number of hydrogen-bond donors (Lipinski definition) is 0. The van der Waals surface area contributed by atoms with Crippen LogP contribution in [0.3, 0.4) is 0 Å². The Morgan fingerprint density at radius 3 is 2.50 bits per heavy atom. The van der Waals surface area contributed by atoms with Crippen molar-refractivity contribution in [1.82, 2.24) is 4.90 Å². The number of benzene rings is 1. The summed E-state index contributed by atoms with van der Waals surface area (Å²) in [6.07, 6.45) is 1.00. The van der Waals surface area contributed by atoms with Crippen LogP contribution in [0.5, 0.6) is 5.75 Å². The molecule has 0 spiro atoms. The lowest BCUT2D eigenvalue weighted by Gasteiger charge is -2.32. The summed E-state index contributed by atoms with van der Waals surface area (Å²) in [4.78, 5) is 14.4. The highest BCUT2D eigenvalue weighted by molar-refractivity contribution is 9.10. The molecule has 24 heavy (non-hydrogen) atoms. The highest BCUT2D eigenvalue weighted by atomic mass is 79.9. The van der Waals surface area contributed by atoms with E-state index in [0.29, 0.717) is 41.7 Å². The second kappa shape index (κ2) is 7.87. The minimum absolute atomic E-state index is 0.0968. The summed E-state index contributed by atoms with van der Waals surface area (Å²) in [5.74, 6) is 0.867. The van der Waals surface area contributed by atoms with E-state index < -0.39 is 9.84 Å². The topological polar surface area (TPSA) is 63.7 Å². The van der Waals surface area contributed by atoms with Crippen LogP contribution in [0.2, 0.25) is 0 Å². The molecule has 2 rings (SSSR count). The zero-order valence-corrected chi connectivity index (χ0v) is 16.7. The molecule has 0 bridgehead atoms. The Hall–Kier alpha value is -1.08. The van der Waals surface area contributed by atoms with Gasteiger partial charge in [-0.05, 0) is 52.9 Å². The van der Waals surface area contributed by atoms with Crippen LogP contribution in [0.1, 0.15) is 37.0 Å². The molecular weight excluding hydrogens is 394 g/mol. The highest BCUT2D eigenvalue weighted by Gasteiger charge is 2.32. The van der Waals surface area contributed by atoms with Gasteiger partial charge in [-0.15, -0.1) is 0 Å². The van der Waals surface area contributed by atoms with Crippen molar-refractivity contribution >= 4 is 31.7 Å². The molecule has 0 aromatic heterocycles. The molecule has 1 aliphatic rings. The molecule has 1 aromatic rings. The van der Waals surface area contributed by atoms with Gasteiger partial charge < -0.3 is 9.64 Å². The molecule has 1 fully saturated rings. The van der Waals surface area contributed by atoms with Crippen LogP contribution >= 0.6 is 15.9 Å². The molecule has 0 radical (unpaired) electrons. The molecule has 1 aliphatic heterocycles. The Morgan fingerprint density at radius 1 is 1.33 bits per heavy atom. The molecule has 7 heteroatoms. The lowest BCUT2D eigenvalue weighted by molar-refractivity contribution is 0.0724. The smallest absolute Gasteiger partial charge is 0.255 e. The van der Waals surface area contributed by atoms with Crippen molar-refractivity contribution in [1.29, 1.82) is 0 Å². The molecule has 0 unspecified atom stereocenters. The van der Waals surface area contributed by atoms with Gasteiger partial charge in [-0.1, -0.05) is 13.8 Å². The zero-order chi connectivity index (χ0) is 17.9. The van der Waals surface area contributed by atoms with E-state index in [-0.39, 0.29) is 22.8 Å². The second-order valence-electron chi connectivity index (χ2n) is 6.56. The Morgan fingerprint density at radius 2 is 1.96 bits per heavy atom. The fourth-order valence-electron chi connectivity index (χ4n) is 2.98. The fourth-order valence-corrected chi connectivity index (χ4v) is 5.53. The third-order valence-corrected chi connectivity index (χ3v) is 7.52. The van der Waals surface area contributed by atoms with Crippen molar-refractivity contribution in [2.45, 2.75) is 31.9 Å². The van der Waals surface area contributed by atoms with Crippen molar-refractivity contribution in [3.63, 3.8) is 0 Å². The standard InChI is InChI=1S/C17H24BrNO4S/c1-12(2)11-24(21,22)14-6-8-19(9-7-14)17(20)15-10-13(23-3)4-5-16(15)18/h4-5,10,12,14H,6-9,11H2,1-3H3. The molecule has 1 heterocycles. The van der Waals surface area contributed by atoms with Gasteiger partial charge >= 0.3 is 0 Å². The Labute approximate surface area is 152 Å². The third-order valence-electron chi connectivity index (χ3n) is 4.21. The molecular formula is C17H24BrNO4S. The summed E-state index contributed by atoms with van der Waals surface area (Å²) < 4.78 is 30.6. The van der Waals surface area contributed by atoms with Crippen LogP contribution in [0.25, 0.3) is 0 Å². The van der Waals surface area contributed by atoms with Crippen LogP contribution in [0.4, 0.5) is 0 Å². The van der Waals surface area contributed by atoms with E-state index in [0.717, 1.165) is 0 Å². The predicted molar refractivity (Wildman–Crippen MR) is 98.2 cm³/mol. The Balaban J connectivity index is 2.06. The van der Waals surface area contributed by atoms with E-state index in [9.17, 15) is 13.2 Å². The van der Waals surface area contributed by atoms with E-state index in [1.54, 1.807) is 30.2 Å². The number of carbonyl (C=O) groups excluding carboxylic acids is 1. The average Bonchev–Trinajstić information content (AvgIpc) is 2.53. The second-order valence-corrected chi connectivity index (χ2v) is 9.74. The number of halogens is 1. The van der Waals surface area contributed by atoms with Gasteiger partial charge in [0.05, 0.1) is 23.7 Å². The van der Waals surface area contributed by atoms with Gasteiger partial charge in [0.1, 0.15) is 5.75 Å². The van der Waals surface area contributed by atoms with Gasteiger partial charge in [-0.2, -0.15) is 0 Å². The first kappa shape index (κ1) is 19.2. The summed E-state index contributed by atoms with van der Waals surface area (Å²) in [5, 5.41) is -0.335. The van der Waals surface area contributed by atoms with Crippen LogP contribution in [-0.2, 0) is 9.84 Å². The van der Waals surface area contributed by atoms with Crippen molar-refractivity contribution in [3.05, 3.63) is 28.2 Å². The number of likely N-dealkylation sites (tertiary alicyclic amines) is 1. The van der Waals surface area contributed by atoms with Gasteiger partial charge in [0.15, 0.2) is 9.84 Å². The van der Waals surface area contributed by atoms with Gasteiger partial charge in [-0.25, -0.2) is 8.42 Å². The van der Waals surface area contributed by atoms with Crippen molar-refractivity contribution in [3.8, 4) is 5.75 Å². The minimum atomic E-state index is -3.08. The first-order chi connectivity index (χ1) is 11.2. The predicted octanol–water partition coefficient (Wildman–Crippen LogP) is 3.13. The van der Waals surface area contributed by atoms with E-state index in [4.69, 9.17) is 4.74 Å². The molecule has 1 aromatic carbocycles. The summed E-state index contributed by atoms with van der Waals surface area (Å²) in [5.41, 5.74) is 0.540. The van der Waals surface area contributed by atoms with Crippen molar-refractivity contribution in [2.75, 3.05) is 26.0 Å². The number of hydrogen-bond acceptors (Lipinski definition) is 4. The van der Waals surface area contributed by atoms with Crippen LogP contribution < -0.4 is 4.74 Å². The van der Waals surface area contributed by atoms with Crippen molar-refractivity contribution < 1.29 is 17.9 Å². The number of sulfone groups is 1. The first-order valence-electron chi connectivity index (χ1n) is 8.09. The van der Waals surface area contributed by atoms with Gasteiger partial charge in [0.2, 0.25) is 0 Å². The molecule has 5 nitrogen and oxygen atoms in total. The Kier molecular flexibility index (Phi) is 6.31. The maximum atomic E-state index is 12.7. The zero-order valence-electron chi connectivity index (χ0n) is 14.3. The van der Waals surface area contributed by atoms with E-state index in [2.05, 4.69) is 15.9 Å². The minimum Gasteiger partial charge on any atom is -0.497 e. The van der Waals surface area contributed by atoms with Gasteiger partial charge in [-0.3, -0.25) is 4.79 Å². The van der Waals surface area contributed by atoms with Crippen LogP contribution in [0.15, 0.2) is 22.7 Å². The van der Waals surface area contributed by atoms with E-state index >= 15 is 0 Å². The Bertz CT molecular complexity index is 695. The maximum Gasteiger partial charge on any atom is 0.255 e. The third kappa shape index (κ3) is 4.51. The molecule has 0 atom stereocenters. The first-order valence-corrected chi connectivity index (χ1v) is 10.6. The monoisotopic (exact) mass is 417 g/mol. The van der Waals surface area contributed by atoms with Gasteiger partial charge in [0, 0.05) is 17.6 Å². The molecule has 0 aliphatic carbocycles. The average molecular weight is 418 g/mol. The fraction of sp³-hybridized carbons (Fsp3) is 0.588. The van der Waals surface area contributed by atoms with Crippen molar-refractivity contribution in [2.24, 2.45) is 5.92 Å². The summed E-state index contributed by atoms with van der Waals surface area (Å²) in [7, 11) is -1.52.